The topological polar surface area (TPSA) is 27.7 Å². The Bertz CT molecular complexity index is 215. The monoisotopic (exact) mass is 212 g/mol. The lowest BCUT2D eigenvalue weighted by atomic mass is 9.87. The van der Waals surface area contributed by atoms with E-state index in [9.17, 15) is 0 Å². The molecule has 0 aromatic carbocycles. The lowest BCUT2D eigenvalue weighted by Crippen LogP contribution is -2.32. The molecule has 0 aliphatic carbocycles. The Morgan fingerprint density at radius 2 is 2.27 bits per heavy atom. The van der Waals surface area contributed by atoms with E-state index >= 15 is 0 Å². The summed E-state index contributed by atoms with van der Waals surface area (Å²) >= 11 is 0. The molecule has 1 unspecified atom stereocenters. The highest BCUT2D eigenvalue weighted by Crippen LogP contribution is 2.33. The summed E-state index contributed by atoms with van der Waals surface area (Å²) in [6.07, 6.45) is 4.64. The zero-order chi connectivity index (χ0) is 11.1. The smallest absolute Gasteiger partial charge is 0.0761 e. The molecule has 2 atom stereocenters. The van der Waals surface area contributed by atoms with E-state index in [0.29, 0.717) is 26.4 Å². The van der Waals surface area contributed by atoms with E-state index < -0.39 is 0 Å². The van der Waals surface area contributed by atoms with Gasteiger partial charge in [0, 0.05) is 12.5 Å². The minimum atomic E-state index is -0.0172. The first-order valence-electron chi connectivity index (χ1n) is 5.18. The number of hydrogen-bond donors (Lipinski definition) is 0. The summed E-state index contributed by atoms with van der Waals surface area (Å²) in [6, 6.07) is 0. The van der Waals surface area contributed by atoms with Crippen molar-refractivity contribution in [2.24, 2.45) is 5.41 Å². The zero-order valence-corrected chi connectivity index (χ0v) is 9.41. The van der Waals surface area contributed by atoms with Gasteiger partial charge in [-0.3, -0.25) is 0 Å². The van der Waals surface area contributed by atoms with Gasteiger partial charge in [-0.15, -0.1) is 13.2 Å². The van der Waals surface area contributed by atoms with E-state index in [0.717, 1.165) is 6.42 Å². The van der Waals surface area contributed by atoms with Gasteiger partial charge in [0.1, 0.15) is 0 Å². The van der Waals surface area contributed by atoms with Crippen LogP contribution in [0.4, 0.5) is 0 Å². The molecule has 3 nitrogen and oxygen atoms in total. The minimum absolute atomic E-state index is 0.0172. The maximum atomic E-state index is 5.60. The van der Waals surface area contributed by atoms with Gasteiger partial charge in [0.05, 0.1) is 32.5 Å². The molecule has 0 aromatic rings. The molecule has 0 spiro atoms. The lowest BCUT2D eigenvalue weighted by Gasteiger charge is -2.25. The van der Waals surface area contributed by atoms with Gasteiger partial charge in [-0.2, -0.15) is 0 Å². The van der Waals surface area contributed by atoms with Gasteiger partial charge in [-0.25, -0.2) is 0 Å². The standard InChI is InChI=1S/C12H20O3/c1-4-6-14-9-12(8-13-3)7-11(5-2)15-10-12/h4-5,11H,1-2,6-10H2,3H3/t11?,12-/m1/s1. The van der Waals surface area contributed by atoms with Crippen LogP contribution in [0.1, 0.15) is 6.42 Å². The quantitative estimate of drug-likeness (QED) is 0.476. The molecule has 15 heavy (non-hydrogen) atoms. The van der Waals surface area contributed by atoms with Gasteiger partial charge in [0.15, 0.2) is 0 Å². The second-order valence-corrected chi connectivity index (χ2v) is 4.03. The van der Waals surface area contributed by atoms with Gasteiger partial charge in [-0.1, -0.05) is 12.2 Å². The van der Waals surface area contributed by atoms with Crippen LogP contribution in [-0.2, 0) is 14.2 Å². The Morgan fingerprint density at radius 1 is 1.47 bits per heavy atom. The van der Waals surface area contributed by atoms with Crippen molar-refractivity contribution in [2.45, 2.75) is 12.5 Å². The molecule has 1 saturated heterocycles. The van der Waals surface area contributed by atoms with E-state index in [4.69, 9.17) is 14.2 Å². The third kappa shape index (κ3) is 3.45. The zero-order valence-electron chi connectivity index (χ0n) is 9.41. The highest BCUT2D eigenvalue weighted by molar-refractivity contribution is 4.95. The maximum absolute atomic E-state index is 5.60. The summed E-state index contributed by atoms with van der Waals surface area (Å²) in [7, 11) is 1.70. The summed E-state index contributed by atoms with van der Waals surface area (Å²) in [5.41, 5.74) is -0.0172. The van der Waals surface area contributed by atoms with E-state index in [2.05, 4.69) is 13.2 Å². The Hall–Kier alpha value is -0.640. The predicted octanol–water partition coefficient (Wildman–Crippen LogP) is 1.80. The normalized spacial score (nSPS) is 30.3. The van der Waals surface area contributed by atoms with E-state index in [1.807, 2.05) is 6.08 Å². The molecule has 0 N–H and O–H groups in total. The molecule has 86 valence electrons. The molecule has 1 heterocycles. The highest BCUT2D eigenvalue weighted by atomic mass is 16.5. The van der Waals surface area contributed by atoms with Crippen LogP contribution in [0.15, 0.2) is 25.3 Å². The largest absolute Gasteiger partial charge is 0.384 e. The fourth-order valence-corrected chi connectivity index (χ4v) is 1.89. The van der Waals surface area contributed by atoms with E-state index in [-0.39, 0.29) is 11.5 Å². The van der Waals surface area contributed by atoms with Gasteiger partial charge in [-0.05, 0) is 6.42 Å². The van der Waals surface area contributed by atoms with Crippen molar-refractivity contribution >= 4 is 0 Å². The highest BCUT2D eigenvalue weighted by Gasteiger charge is 2.39. The third-order valence-corrected chi connectivity index (χ3v) is 2.60. The molecule has 0 amide bonds. The maximum Gasteiger partial charge on any atom is 0.0761 e. The van der Waals surface area contributed by atoms with Crippen molar-refractivity contribution in [3.8, 4) is 0 Å². The van der Waals surface area contributed by atoms with Crippen LogP contribution in [0.25, 0.3) is 0 Å². The molecule has 1 fully saturated rings. The van der Waals surface area contributed by atoms with E-state index in [1.165, 1.54) is 0 Å². The van der Waals surface area contributed by atoms with Crippen LogP contribution in [0.5, 0.6) is 0 Å². The second kappa shape index (κ2) is 6.05. The minimum Gasteiger partial charge on any atom is -0.384 e. The van der Waals surface area contributed by atoms with Crippen LogP contribution in [0, 0.1) is 5.41 Å². The average molecular weight is 212 g/mol. The van der Waals surface area contributed by atoms with Crippen molar-refractivity contribution in [3.63, 3.8) is 0 Å². The lowest BCUT2D eigenvalue weighted by molar-refractivity contribution is -0.00645. The third-order valence-electron chi connectivity index (χ3n) is 2.60. The SMILES string of the molecule is C=CCOC[C@@]1(COC)COC(C=C)C1. The Labute approximate surface area is 91.7 Å². The molecule has 1 aliphatic rings. The van der Waals surface area contributed by atoms with Crippen LogP contribution in [0.3, 0.4) is 0 Å². The molecular weight excluding hydrogens is 192 g/mol. The number of rotatable bonds is 7. The second-order valence-electron chi connectivity index (χ2n) is 4.03. The molecular formula is C12H20O3. The fraction of sp³-hybridized carbons (Fsp3) is 0.667. The van der Waals surface area contributed by atoms with Gasteiger partial charge in [0.2, 0.25) is 0 Å². The number of ether oxygens (including phenoxy) is 3. The van der Waals surface area contributed by atoms with Crippen LogP contribution in [0.2, 0.25) is 0 Å². The van der Waals surface area contributed by atoms with Crippen molar-refractivity contribution in [2.75, 3.05) is 33.5 Å². The van der Waals surface area contributed by atoms with Crippen molar-refractivity contribution in [1.29, 1.82) is 0 Å². The predicted molar refractivity (Wildman–Crippen MR) is 59.9 cm³/mol. The Morgan fingerprint density at radius 3 is 2.80 bits per heavy atom. The number of hydrogen-bond acceptors (Lipinski definition) is 3. The first-order chi connectivity index (χ1) is 7.26. The Balaban J connectivity index is 2.47. The van der Waals surface area contributed by atoms with Crippen LogP contribution in [-0.4, -0.2) is 39.6 Å². The van der Waals surface area contributed by atoms with Crippen LogP contribution >= 0.6 is 0 Å². The van der Waals surface area contributed by atoms with E-state index in [1.54, 1.807) is 13.2 Å². The molecule has 1 aliphatic heterocycles. The molecule has 0 radical (unpaired) electrons. The van der Waals surface area contributed by atoms with Gasteiger partial charge >= 0.3 is 0 Å². The molecule has 0 saturated carbocycles. The summed E-state index contributed by atoms with van der Waals surface area (Å²) < 4.78 is 16.3. The molecule has 3 heteroatoms. The summed E-state index contributed by atoms with van der Waals surface area (Å²) in [6.45, 7) is 9.92. The fourth-order valence-electron chi connectivity index (χ4n) is 1.89. The summed E-state index contributed by atoms with van der Waals surface area (Å²) in [4.78, 5) is 0. The first-order valence-corrected chi connectivity index (χ1v) is 5.18. The van der Waals surface area contributed by atoms with Crippen molar-refractivity contribution < 1.29 is 14.2 Å². The van der Waals surface area contributed by atoms with Gasteiger partial charge < -0.3 is 14.2 Å². The van der Waals surface area contributed by atoms with Gasteiger partial charge in [0.25, 0.3) is 0 Å². The average Bonchev–Trinajstić information content (AvgIpc) is 2.63. The first kappa shape index (κ1) is 12.4. The molecule has 0 aromatic heterocycles. The van der Waals surface area contributed by atoms with Crippen molar-refractivity contribution in [3.05, 3.63) is 25.3 Å². The summed E-state index contributed by atoms with van der Waals surface area (Å²) in [5.74, 6) is 0. The number of methoxy groups -OCH3 is 1. The van der Waals surface area contributed by atoms with Crippen LogP contribution < -0.4 is 0 Å². The van der Waals surface area contributed by atoms with Crippen molar-refractivity contribution in [1.82, 2.24) is 0 Å². The molecule has 1 rings (SSSR count). The summed E-state index contributed by atoms with van der Waals surface area (Å²) in [5, 5.41) is 0. The Kier molecular flexibility index (Phi) is 5.02. The molecule has 0 bridgehead atoms.